The van der Waals surface area contributed by atoms with Gasteiger partial charge in [-0.05, 0) is 31.9 Å². The van der Waals surface area contributed by atoms with Crippen molar-refractivity contribution in [3.8, 4) is 5.69 Å². The number of rotatable bonds is 4. The fourth-order valence-electron chi connectivity index (χ4n) is 2.74. The van der Waals surface area contributed by atoms with Gasteiger partial charge >= 0.3 is 0 Å². The third-order valence-corrected chi connectivity index (χ3v) is 3.98. The number of benzene rings is 1. The zero-order valence-corrected chi connectivity index (χ0v) is 12.6. The van der Waals surface area contributed by atoms with Crippen molar-refractivity contribution in [2.24, 2.45) is 5.92 Å². The molecule has 1 aliphatic heterocycles. The Morgan fingerprint density at radius 3 is 3.00 bits per heavy atom. The molecular formula is C16H20N4O2. The largest absolute Gasteiger partial charge is 0.378 e. The van der Waals surface area contributed by atoms with Crippen LogP contribution in [0, 0.1) is 5.92 Å². The van der Waals surface area contributed by atoms with Crippen molar-refractivity contribution in [3.05, 3.63) is 42.5 Å². The van der Waals surface area contributed by atoms with E-state index in [0.29, 0.717) is 12.4 Å². The van der Waals surface area contributed by atoms with Crippen LogP contribution in [0.15, 0.2) is 36.7 Å². The Balaban J connectivity index is 1.65. The van der Waals surface area contributed by atoms with Crippen LogP contribution in [0.3, 0.4) is 0 Å². The molecule has 2 heterocycles. The van der Waals surface area contributed by atoms with E-state index < -0.39 is 0 Å². The summed E-state index contributed by atoms with van der Waals surface area (Å²) < 4.78 is 7.28. The molecule has 2 aromatic rings. The lowest BCUT2D eigenvalue weighted by atomic mass is 9.94. The smallest absolute Gasteiger partial charge is 0.226 e. The normalized spacial score (nSPS) is 21.5. The van der Waals surface area contributed by atoms with Gasteiger partial charge in [-0.1, -0.05) is 18.2 Å². The van der Waals surface area contributed by atoms with Crippen molar-refractivity contribution in [3.63, 3.8) is 0 Å². The Labute approximate surface area is 129 Å². The predicted octanol–water partition coefficient (Wildman–Crippen LogP) is 1.70. The molecule has 3 rings (SSSR count). The highest BCUT2D eigenvalue weighted by molar-refractivity contribution is 5.79. The van der Waals surface area contributed by atoms with Crippen LogP contribution in [0.25, 0.3) is 5.69 Å². The summed E-state index contributed by atoms with van der Waals surface area (Å²) in [5.41, 5.74) is 0.929. The quantitative estimate of drug-likeness (QED) is 0.933. The summed E-state index contributed by atoms with van der Waals surface area (Å²) in [6, 6.07) is 9.75. The fourth-order valence-corrected chi connectivity index (χ4v) is 2.74. The minimum absolute atomic E-state index is 0.0230. The zero-order valence-electron chi connectivity index (χ0n) is 12.6. The summed E-state index contributed by atoms with van der Waals surface area (Å²) in [5, 5.41) is 7.17. The van der Waals surface area contributed by atoms with Crippen molar-refractivity contribution in [2.75, 3.05) is 6.61 Å². The lowest BCUT2D eigenvalue weighted by molar-refractivity contribution is -0.133. The van der Waals surface area contributed by atoms with Crippen molar-refractivity contribution in [1.82, 2.24) is 20.1 Å². The van der Waals surface area contributed by atoms with Crippen LogP contribution in [0.4, 0.5) is 0 Å². The maximum Gasteiger partial charge on any atom is 0.226 e. The number of aromatic nitrogens is 3. The van der Waals surface area contributed by atoms with Gasteiger partial charge < -0.3 is 10.1 Å². The summed E-state index contributed by atoms with van der Waals surface area (Å²) in [5.74, 6) is 0.653. The van der Waals surface area contributed by atoms with E-state index >= 15 is 0 Å². The molecule has 22 heavy (non-hydrogen) atoms. The molecule has 1 fully saturated rings. The van der Waals surface area contributed by atoms with Gasteiger partial charge in [-0.25, -0.2) is 9.67 Å². The maximum atomic E-state index is 12.3. The minimum atomic E-state index is -0.0816. The summed E-state index contributed by atoms with van der Waals surface area (Å²) in [6.45, 7) is 3.06. The molecule has 6 heteroatoms. The van der Waals surface area contributed by atoms with Gasteiger partial charge in [0.25, 0.3) is 0 Å². The van der Waals surface area contributed by atoms with Gasteiger partial charge in [0.1, 0.15) is 6.33 Å². The fraction of sp³-hybridized carbons (Fsp3) is 0.438. The Hall–Kier alpha value is -2.21. The highest BCUT2D eigenvalue weighted by Crippen LogP contribution is 2.20. The van der Waals surface area contributed by atoms with E-state index in [4.69, 9.17) is 4.74 Å². The molecule has 0 saturated carbocycles. The molecule has 2 atom stereocenters. The van der Waals surface area contributed by atoms with Crippen LogP contribution in [-0.2, 0) is 16.1 Å². The van der Waals surface area contributed by atoms with Gasteiger partial charge in [-0.2, -0.15) is 5.10 Å². The SMILES string of the molecule is CC1OCCCC1C(=O)NCc1ncnn1-c1ccccc1. The van der Waals surface area contributed by atoms with Crippen molar-refractivity contribution < 1.29 is 9.53 Å². The molecule has 1 saturated heterocycles. The van der Waals surface area contributed by atoms with Crippen molar-refractivity contribution >= 4 is 5.91 Å². The molecular weight excluding hydrogens is 280 g/mol. The molecule has 1 amide bonds. The summed E-state index contributed by atoms with van der Waals surface area (Å²) in [7, 11) is 0. The first-order valence-electron chi connectivity index (χ1n) is 7.59. The van der Waals surface area contributed by atoms with E-state index in [2.05, 4.69) is 15.4 Å². The zero-order chi connectivity index (χ0) is 15.4. The third kappa shape index (κ3) is 3.17. The molecule has 0 radical (unpaired) electrons. The first-order chi connectivity index (χ1) is 10.8. The number of ether oxygens (including phenoxy) is 1. The monoisotopic (exact) mass is 300 g/mol. The molecule has 116 valence electrons. The van der Waals surface area contributed by atoms with E-state index in [0.717, 1.165) is 25.1 Å². The highest BCUT2D eigenvalue weighted by Gasteiger charge is 2.28. The van der Waals surface area contributed by atoms with Gasteiger partial charge in [0, 0.05) is 6.61 Å². The van der Waals surface area contributed by atoms with Gasteiger partial charge in [-0.15, -0.1) is 0 Å². The molecule has 2 unspecified atom stereocenters. The molecule has 0 bridgehead atoms. The second-order valence-corrected chi connectivity index (χ2v) is 5.47. The molecule has 1 aromatic carbocycles. The Bertz CT molecular complexity index is 626. The van der Waals surface area contributed by atoms with Crippen LogP contribution in [0.5, 0.6) is 0 Å². The average molecular weight is 300 g/mol. The molecule has 1 aliphatic rings. The summed E-state index contributed by atoms with van der Waals surface area (Å²) in [6.07, 6.45) is 3.28. The lowest BCUT2D eigenvalue weighted by Crippen LogP contribution is -2.40. The van der Waals surface area contributed by atoms with Crippen LogP contribution >= 0.6 is 0 Å². The van der Waals surface area contributed by atoms with Gasteiger partial charge in [0.2, 0.25) is 5.91 Å². The van der Waals surface area contributed by atoms with E-state index in [1.807, 2.05) is 37.3 Å². The number of nitrogens with zero attached hydrogens (tertiary/aromatic N) is 3. The lowest BCUT2D eigenvalue weighted by Gasteiger charge is -2.27. The van der Waals surface area contributed by atoms with Crippen molar-refractivity contribution in [1.29, 1.82) is 0 Å². The number of carbonyl (C=O) groups excluding carboxylic acids is 1. The minimum Gasteiger partial charge on any atom is -0.378 e. The standard InChI is InChI=1S/C16H20N4O2/c1-12-14(8-5-9-22-12)16(21)17-10-15-18-11-19-20(15)13-6-3-2-4-7-13/h2-4,6-7,11-12,14H,5,8-10H2,1H3,(H,17,21). The third-order valence-electron chi connectivity index (χ3n) is 3.98. The topological polar surface area (TPSA) is 69.0 Å². The second-order valence-electron chi connectivity index (χ2n) is 5.47. The van der Waals surface area contributed by atoms with Crippen LogP contribution in [-0.4, -0.2) is 33.4 Å². The number of amides is 1. The van der Waals surface area contributed by atoms with Gasteiger partial charge in [-0.3, -0.25) is 4.79 Å². The van der Waals surface area contributed by atoms with Crippen LogP contribution in [0.1, 0.15) is 25.6 Å². The van der Waals surface area contributed by atoms with Crippen molar-refractivity contribution in [2.45, 2.75) is 32.4 Å². The highest BCUT2D eigenvalue weighted by atomic mass is 16.5. The Morgan fingerprint density at radius 2 is 2.23 bits per heavy atom. The van der Waals surface area contributed by atoms with Crippen LogP contribution < -0.4 is 5.32 Å². The number of para-hydroxylation sites is 1. The molecule has 0 aliphatic carbocycles. The first-order valence-corrected chi connectivity index (χ1v) is 7.59. The number of nitrogens with one attached hydrogen (secondary N) is 1. The maximum absolute atomic E-state index is 12.3. The van der Waals surface area contributed by atoms with Gasteiger partial charge in [0.15, 0.2) is 5.82 Å². The number of hydrogen-bond acceptors (Lipinski definition) is 4. The molecule has 1 N–H and O–H groups in total. The number of hydrogen-bond donors (Lipinski definition) is 1. The van der Waals surface area contributed by atoms with Crippen LogP contribution in [0.2, 0.25) is 0 Å². The first kappa shape index (κ1) is 14.7. The Morgan fingerprint density at radius 1 is 1.41 bits per heavy atom. The van der Waals surface area contributed by atoms with Gasteiger partial charge in [0.05, 0.1) is 24.3 Å². The second kappa shape index (κ2) is 6.70. The average Bonchev–Trinajstić information content (AvgIpc) is 3.02. The summed E-state index contributed by atoms with van der Waals surface area (Å²) in [4.78, 5) is 16.5. The van der Waals surface area contributed by atoms with E-state index in [1.165, 1.54) is 6.33 Å². The predicted molar refractivity (Wildman–Crippen MR) is 81.3 cm³/mol. The molecule has 0 spiro atoms. The molecule has 6 nitrogen and oxygen atoms in total. The van der Waals surface area contributed by atoms with E-state index in [-0.39, 0.29) is 17.9 Å². The van der Waals surface area contributed by atoms with E-state index in [9.17, 15) is 4.79 Å². The Kier molecular flexibility index (Phi) is 4.48. The molecule has 1 aromatic heterocycles. The number of carbonyl (C=O) groups is 1. The summed E-state index contributed by atoms with van der Waals surface area (Å²) >= 11 is 0. The van der Waals surface area contributed by atoms with E-state index in [1.54, 1.807) is 4.68 Å².